The van der Waals surface area contributed by atoms with Gasteiger partial charge in [-0.1, -0.05) is 87.2 Å². The number of unbranched alkanes of at least 4 members (excludes halogenated alkanes) is 5. The Morgan fingerprint density at radius 3 is 2.53 bits per heavy atom. The minimum Gasteiger partial charge on any atom is -0.239 e. The van der Waals surface area contributed by atoms with Crippen molar-refractivity contribution in [1.29, 1.82) is 5.26 Å². The quantitative estimate of drug-likeness (QED) is 0.157. The lowest BCUT2D eigenvalue weighted by molar-refractivity contribution is 0.627. The average molecular weight is 453 g/mol. The van der Waals surface area contributed by atoms with E-state index in [0.717, 1.165) is 31.8 Å². The summed E-state index contributed by atoms with van der Waals surface area (Å²) in [5.74, 6) is 1.18. The molecule has 0 unspecified atom stereocenters. The molecule has 0 radical (unpaired) electrons. The number of thiophene rings is 1. The summed E-state index contributed by atoms with van der Waals surface area (Å²) in [6.07, 6.45) is 7.97. The first-order valence-electron chi connectivity index (χ1n) is 10.6. The molecule has 0 fully saturated rings. The highest BCUT2D eigenvalue weighted by atomic mass is 32.2. The van der Waals surface area contributed by atoms with Crippen molar-refractivity contribution in [3.63, 3.8) is 0 Å². The molecule has 0 atom stereocenters. The number of nitriles is 1. The molecule has 0 saturated carbocycles. The summed E-state index contributed by atoms with van der Waals surface area (Å²) in [5, 5.41) is 13.8. The molecule has 0 aliphatic rings. The molecule has 3 rings (SSSR count). The summed E-state index contributed by atoms with van der Waals surface area (Å²) in [6, 6.07) is 18.8. The van der Waals surface area contributed by atoms with Crippen LogP contribution in [0.15, 0.2) is 58.9 Å². The van der Waals surface area contributed by atoms with Crippen LogP contribution < -0.4 is 0 Å². The number of pyridine rings is 1. The van der Waals surface area contributed by atoms with Crippen molar-refractivity contribution >= 4 is 34.9 Å². The van der Waals surface area contributed by atoms with Crippen LogP contribution in [0.2, 0.25) is 0 Å². The molecule has 1 aromatic carbocycles. The number of benzene rings is 1. The number of rotatable bonds is 12. The Morgan fingerprint density at radius 1 is 1.00 bits per heavy atom. The third-order valence-electron chi connectivity index (χ3n) is 4.88. The van der Waals surface area contributed by atoms with Crippen LogP contribution in [0.4, 0.5) is 0 Å². The van der Waals surface area contributed by atoms with Crippen LogP contribution >= 0.6 is 34.9 Å². The standard InChI is InChI=1S/C25H28N2S3/c1-2-3-4-5-6-10-15-28-19-30-25-22(18-26)21(20-12-8-7-9-13-20)17-23(27-25)24-14-11-16-29-24/h7-9,11-14,16-17H,2-6,10,15,19H2,1H3. The van der Waals surface area contributed by atoms with Crippen LogP contribution in [-0.2, 0) is 0 Å². The topological polar surface area (TPSA) is 36.7 Å². The first-order chi connectivity index (χ1) is 14.8. The molecule has 0 saturated heterocycles. The molecular formula is C25H28N2S3. The van der Waals surface area contributed by atoms with Crippen LogP contribution in [0.1, 0.15) is 51.0 Å². The molecule has 0 spiro atoms. The summed E-state index contributed by atoms with van der Waals surface area (Å²) in [4.78, 5) is 6.01. The van der Waals surface area contributed by atoms with E-state index < -0.39 is 0 Å². The van der Waals surface area contributed by atoms with E-state index in [4.69, 9.17) is 4.98 Å². The fraction of sp³-hybridized carbons (Fsp3) is 0.360. The van der Waals surface area contributed by atoms with Gasteiger partial charge in [0.05, 0.1) is 16.1 Å². The van der Waals surface area contributed by atoms with E-state index >= 15 is 0 Å². The lowest BCUT2D eigenvalue weighted by Gasteiger charge is -2.12. The molecule has 0 bridgehead atoms. The number of thioether (sulfide) groups is 2. The Morgan fingerprint density at radius 2 is 1.80 bits per heavy atom. The van der Waals surface area contributed by atoms with E-state index in [-0.39, 0.29) is 0 Å². The number of hydrogen-bond acceptors (Lipinski definition) is 5. The molecule has 0 aliphatic heterocycles. The molecule has 2 nitrogen and oxygen atoms in total. The largest absolute Gasteiger partial charge is 0.239 e. The van der Waals surface area contributed by atoms with Gasteiger partial charge < -0.3 is 0 Å². The van der Waals surface area contributed by atoms with E-state index in [9.17, 15) is 5.26 Å². The molecule has 3 aromatic rings. The van der Waals surface area contributed by atoms with E-state index in [1.165, 1.54) is 44.3 Å². The van der Waals surface area contributed by atoms with Gasteiger partial charge in [0, 0.05) is 10.6 Å². The van der Waals surface area contributed by atoms with Gasteiger partial charge in [-0.25, -0.2) is 4.98 Å². The third-order valence-corrected chi connectivity index (χ3v) is 8.05. The SMILES string of the molecule is CCCCCCCCSCSc1nc(-c2cccs2)cc(-c2ccccc2)c1C#N. The van der Waals surface area contributed by atoms with Gasteiger partial charge in [-0.2, -0.15) is 17.0 Å². The van der Waals surface area contributed by atoms with Gasteiger partial charge in [-0.05, 0) is 35.2 Å². The third kappa shape index (κ3) is 6.63. The lowest BCUT2D eigenvalue weighted by Crippen LogP contribution is -1.95. The molecular weight excluding hydrogens is 424 g/mol. The zero-order valence-corrected chi connectivity index (χ0v) is 19.9. The van der Waals surface area contributed by atoms with E-state index in [0.29, 0.717) is 5.56 Å². The predicted octanol–water partition coefficient (Wildman–Crippen LogP) is 8.49. The Labute approximate surface area is 193 Å². The Bertz CT molecular complexity index is 931. The van der Waals surface area contributed by atoms with Crippen molar-refractivity contribution in [2.45, 2.75) is 50.5 Å². The summed E-state index contributed by atoms with van der Waals surface area (Å²) in [6.45, 7) is 2.26. The maximum absolute atomic E-state index is 9.92. The summed E-state index contributed by atoms with van der Waals surface area (Å²) in [7, 11) is 0. The summed E-state index contributed by atoms with van der Waals surface area (Å²) < 4.78 is 0. The normalized spacial score (nSPS) is 10.8. The zero-order valence-electron chi connectivity index (χ0n) is 17.5. The number of aromatic nitrogens is 1. The predicted molar refractivity (Wildman–Crippen MR) is 134 cm³/mol. The Hall–Kier alpha value is -1.74. The van der Waals surface area contributed by atoms with Gasteiger partial charge in [0.15, 0.2) is 0 Å². The molecule has 5 heteroatoms. The highest BCUT2D eigenvalue weighted by Crippen LogP contribution is 2.36. The van der Waals surface area contributed by atoms with Crippen molar-refractivity contribution in [2.24, 2.45) is 0 Å². The second-order valence-corrected chi connectivity index (χ2v) is 10.5. The fourth-order valence-electron chi connectivity index (χ4n) is 3.27. The second-order valence-electron chi connectivity index (χ2n) is 7.13. The lowest BCUT2D eigenvalue weighted by atomic mass is 10.0. The van der Waals surface area contributed by atoms with Crippen molar-refractivity contribution < 1.29 is 0 Å². The van der Waals surface area contributed by atoms with Crippen molar-refractivity contribution in [1.82, 2.24) is 4.98 Å². The molecule has 156 valence electrons. The van der Waals surface area contributed by atoms with Gasteiger partial charge in [0.25, 0.3) is 0 Å². The van der Waals surface area contributed by atoms with Gasteiger partial charge in [0.1, 0.15) is 11.1 Å². The van der Waals surface area contributed by atoms with Crippen LogP contribution in [0.5, 0.6) is 0 Å². The van der Waals surface area contributed by atoms with Crippen LogP contribution in [0.3, 0.4) is 0 Å². The maximum atomic E-state index is 9.92. The fourth-order valence-corrected chi connectivity index (χ4v) is 6.08. The highest BCUT2D eigenvalue weighted by molar-refractivity contribution is 8.15. The van der Waals surface area contributed by atoms with Crippen LogP contribution in [-0.4, -0.2) is 15.8 Å². The van der Waals surface area contributed by atoms with Gasteiger partial charge >= 0.3 is 0 Å². The number of nitrogens with zero attached hydrogens (tertiary/aromatic N) is 2. The van der Waals surface area contributed by atoms with Crippen LogP contribution in [0, 0.1) is 11.3 Å². The van der Waals surface area contributed by atoms with Gasteiger partial charge in [0.2, 0.25) is 0 Å². The first kappa shape index (κ1) is 22.9. The van der Waals surface area contributed by atoms with E-state index in [1.54, 1.807) is 23.1 Å². The molecule has 2 aromatic heterocycles. The van der Waals surface area contributed by atoms with Gasteiger partial charge in [-0.15, -0.1) is 11.3 Å². The smallest absolute Gasteiger partial charge is 0.116 e. The van der Waals surface area contributed by atoms with E-state index in [1.807, 2.05) is 36.0 Å². The van der Waals surface area contributed by atoms with Crippen LogP contribution in [0.25, 0.3) is 21.7 Å². The van der Waals surface area contributed by atoms with Crippen molar-refractivity contribution in [3.8, 4) is 27.8 Å². The molecule has 30 heavy (non-hydrogen) atoms. The average Bonchev–Trinajstić information content (AvgIpc) is 3.33. The Balaban J connectivity index is 1.70. The second kappa shape index (κ2) is 12.8. The van der Waals surface area contributed by atoms with Crippen molar-refractivity contribution in [3.05, 3.63) is 59.5 Å². The highest BCUT2D eigenvalue weighted by Gasteiger charge is 2.16. The molecule has 0 aliphatic carbocycles. The molecule has 0 N–H and O–H groups in total. The van der Waals surface area contributed by atoms with Crippen molar-refractivity contribution in [2.75, 3.05) is 10.8 Å². The first-order valence-corrected chi connectivity index (χ1v) is 13.6. The minimum absolute atomic E-state index is 0.687. The zero-order chi connectivity index (χ0) is 21.0. The maximum Gasteiger partial charge on any atom is 0.116 e. The minimum atomic E-state index is 0.687. The van der Waals surface area contributed by atoms with Gasteiger partial charge in [-0.3, -0.25) is 0 Å². The Kier molecular flexibility index (Phi) is 9.82. The summed E-state index contributed by atoms with van der Waals surface area (Å²) >= 11 is 5.34. The molecule has 0 amide bonds. The summed E-state index contributed by atoms with van der Waals surface area (Å²) in [5.41, 5.74) is 3.67. The molecule has 2 heterocycles. The number of hydrogen-bond donors (Lipinski definition) is 0. The monoisotopic (exact) mass is 452 g/mol. The van der Waals surface area contributed by atoms with E-state index in [2.05, 4.69) is 42.6 Å².